The average molecular weight is 646 g/mol. The summed E-state index contributed by atoms with van der Waals surface area (Å²) in [5.74, 6) is 1.46. The number of amides is 1. The third-order valence-electron chi connectivity index (χ3n) is 9.20. The van der Waals surface area contributed by atoms with Crippen molar-refractivity contribution in [3.63, 3.8) is 0 Å². The maximum Gasteiger partial charge on any atom is 0.315 e. The van der Waals surface area contributed by atoms with Gasteiger partial charge in [-0.2, -0.15) is 4.98 Å². The Hall–Kier alpha value is -4.09. The van der Waals surface area contributed by atoms with Gasteiger partial charge < -0.3 is 25.4 Å². The SMILES string of the molecule is Cc1cc(-c2cc(Nc3ccc(N4CCC5(CCNCC5)CC4)cn3)ncn2)ccc1C(C)NC(=O)c1nc(C(C)(C)C)no1.Cl. The Bertz CT molecular complexity index is 1640. The molecule has 0 saturated carbocycles. The quantitative estimate of drug-likeness (QED) is 0.215. The van der Waals surface area contributed by atoms with Crippen LogP contribution in [0.1, 0.15) is 87.1 Å². The van der Waals surface area contributed by atoms with E-state index in [4.69, 9.17) is 4.52 Å². The number of carbonyl (C=O) groups is 1. The Morgan fingerprint density at radius 1 is 1.00 bits per heavy atom. The zero-order valence-electron chi connectivity index (χ0n) is 27.3. The van der Waals surface area contributed by atoms with E-state index in [9.17, 15) is 4.79 Å². The molecule has 46 heavy (non-hydrogen) atoms. The Kier molecular flexibility index (Phi) is 9.93. The van der Waals surface area contributed by atoms with Gasteiger partial charge in [0.15, 0.2) is 5.82 Å². The summed E-state index contributed by atoms with van der Waals surface area (Å²) in [4.78, 5) is 33.1. The molecule has 0 aliphatic carbocycles. The maximum atomic E-state index is 12.8. The zero-order valence-corrected chi connectivity index (χ0v) is 28.1. The average Bonchev–Trinajstić information content (AvgIpc) is 3.54. The highest BCUT2D eigenvalue weighted by Gasteiger charge is 2.35. The van der Waals surface area contributed by atoms with Gasteiger partial charge in [0.25, 0.3) is 0 Å². The van der Waals surface area contributed by atoms with Gasteiger partial charge in [0.2, 0.25) is 0 Å². The predicted octanol–water partition coefficient (Wildman–Crippen LogP) is 6.15. The minimum Gasteiger partial charge on any atom is -0.370 e. The third kappa shape index (κ3) is 7.47. The first-order valence-electron chi connectivity index (χ1n) is 15.9. The fourth-order valence-corrected chi connectivity index (χ4v) is 6.34. The van der Waals surface area contributed by atoms with Crippen LogP contribution in [0.2, 0.25) is 0 Å². The second-order valence-electron chi connectivity index (χ2n) is 13.5. The van der Waals surface area contributed by atoms with Crippen LogP contribution >= 0.6 is 12.4 Å². The Balaban J connectivity index is 0.00000417. The molecule has 2 aliphatic heterocycles. The number of rotatable bonds is 7. The van der Waals surface area contributed by atoms with Gasteiger partial charge in [-0.25, -0.2) is 15.0 Å². The first-order chi connectivity index (χ1) is 21.6. The van der Waals surface area contributed by atoms with Gasteiger partial charge in [-0.1, -0.05) is 38.1 Å². The number of nitrogens with one attached hydrogen (secondary N) is 3. The van der Waals surface area contributed by atoms with Crippen LogP contribution in [0.15, 0.2) is 53.4 Å². The van der Waals surface area contributed by atoms with Crippen molar-refractivity contribution in [2.24, 2.45) is 5.41 Å². The summed E-state index contributed by atoms with van der Waals surface area (Å²) in [7, 11) is 0. The molecule has 3 N–H and O–H groups in total. The maximum absolute atomic E-state index is 12.8. The lowest BCUT2D eigenvalue weighted by molar-refractivity contribution is 0.0895. The van der Waals surface area contributed by atoms with E-state index in [0.717, 1.165) is 54.4 Å². The van der Waals surface area contributed by atoms with Crippen LogP contribution in [0, 0.1) is 12.3 Å². The summed E-state index contributed by atoms with van der Waals surface area (Å²) in [5, 5.41) is 13.7. The minimum absolute atomic E-state index is 0. The fourth-order valence-electron chi connectivity index (χ4n) is 6.34. The van der Waals surface area contributed by atoms with Crippen molar-refractivity contribution in [2.75, 3.05) is 36.4 Å². The molecule has 0 radical (unpaired) electrons. The van der Waals surface area contributed by atoms with Crippen LogP contribution in [0.25, 0.3) is 11.3 Å². The number of hydrogen-bond acceptors (Lipinski definition) is 10. The fraction of sp³-hybridized carbons (Fsp3) is 0.471. The van der Waals surface area contributed by atoms with Crippen molar-refractivity contribution in [1.29, 1.82) is 0 Å². The van der Waals surface area contributed by atoms with E-state index in [-0.39, 0.29) is 29.8 Å². The van der Waals surface area contributed by atoms with Gasteiger partial charge in [-0.05, 0) is 87.4 Å². The second kappa shape index (κ2) is 13.7. The highest BCUT2D eigenvalue weighted by molar-refractivity contribution is 5.89. The number of aromatic nitrogens is 5. The van der Waals surface area contributed by atoms with Gasteiger partial charge in [0.05, 0.1) is 23.6 Å². The Morgan fingerprint density at radius 3 is 2.41 bits per heavy atom. The summed E-state index contributed by atoms with van der Waals surface area (Å²) in [5.41, 5.74) is 5.14. The number of benzene rings is 1. The minimum atomic E-state index is -0.399. The van der Waals surface area contributed by atoms with Crippen molar-refractivity contribution in [3.8, 4) is 11.3 Å². The lowest BCUT2D eigenvalue weighted by atomic mass is 9.71. The standard InChI is InChI=1S/C34H43N9O2.ClH/c1-22-18-24(6-8-26(22)23(2)39-30(44)31-41-32(42-45-31)33(3,4)5)27-19-29(38-21-37-27)40-28-9-7-25(20-36-28)43-16-12-34(13-17-43)10-14-35-15-11-34;/h6-9,18-21,23,35H,10-17H2,1-5H3,(H,39,44)(H,36,37,38,40);1H. The molecule has 1 amide bonds. The number of pyridine rings is 1. The molecular weight excluding hydrogens is 602 g/mol. The molecule has 1 aromatic carbocycles. The topological polar surface area (TPSA) is 134 Å². The number of anilines is 3. The van der Waals surface area contributed by atoms with Crippen LogP contribution in [0.5, 0.6) is 0 Å². The highest BCUT2D eigenvalue weighted by Crippen LogP contribution is 2.40. The van der Waals surface area contributed by atoms with Gasteiger partial charge >= 0.3 is 11.8 Å². The molecule has 1 spiro atoms. The van der Waals surface area contributed by atoms with E-state index in [1.165, 1.54) is 31.4 Å². The van der Waals surface area contributed by atoms with E-state index in [0.29, 0.717) is 17.1 Å². The van der Waals surface area contributed by atoms with E-state index >= 15 is 0 Å². The number of halogens is 1. The van der Waals surface area contributed by atoms with E-state index < -0.39 is 5.91 Å². The Morgan fingerprint density at radius 2 is 1.76 bits per heavy atom. The zero-order chi connectivity index (χ0) is 31.6. The molecule has 4 aromatic rings. The van der Waals surface area contributed by atoms with Crippen LogP contribution < -0.4 is 20.9 Å². The number of piperidine rings is 2. The number of nitrogens with zero attached hydrogens (tertiary/aromatic N) is 6. The van der Waals surface area contributed by atoms with Crippen LogP contribution in [0.3, 0.4) is 0 Å². The van der Waals surface area contributed by atoms with Crippen molar-refractivity contribution >= 4 is 35.6 Å². The summed E-state index contributed by atoms with van der Waals surface area (Å²) in [6.07, 6.45) is 8.61. The monoisotopic (exact) mass is 645 g/mol. The molecule has 5 heterocycles. The molecule has 0 bridgehead atoms. The molecule has 12 heteroatoms. The lowest BCUT2D eigenvalue weighted by Gasteiger charge is -2.45. The normalized spacial score (nSPS) is 16.8. The van der Waals surface area contributed by atoms with Gasteiger partial charge in [-0.15, -0.1) is 12.4 Å². The Labute approximate surface area is 276 Å². The highest BCUT2D eigenvalue weighted by atomic mass is 35.5. The molecule has 2 aliphatic rings. The largest absolute Gasteiger partial charge is 0.370 e. The summed E-state index contributed by atoms with van der Waals surface area (Å²) < 4.78 is 5.20. The molecule has 11 nitrogen and oxygen atoms in total. The van der Waals surface area contributed by atoms with Crippen LogP contribution in [0.4, 0.5) is 17.3 Å². The van der Waals surface area contributed by atoms with Crippen molar-refractivity contribution in [3.05, 3.63) is 71.8 Å². The smallest absolute Gasteiger partial charge is 0.315 e. The predicted molar refractivity (Wildman–Crippen MR) is 182 cm³/mol. The third-order valence-corrected chi connectivity index (χ3v) is 9.20. The number of hydrogen-bond donors (Lipinski definition) is 3. The summed E-state index contributed by atoms with van der Waals surface area (Å²) >= 11 is 0. The summed E-state index contributed by atoms with van der Waals surface area (Å²) in [6, 6.07) is 11.9. The van der Waals surface area contributed by atoms with Crippen molar-refractivity contribution in [1.82, 2.24) is 35.7 Å². The van der Waals surface area contributed by atoms with Crippen molar-refractivity contribution < 1.29 is 9.32 Å². The van der Waals surface area contributed by atoms with Gasteiger partial charge in [-0.3, -0.25) is 4.79 Å². The molecule has 244 valence electrons. The molecule has 3 aromatic heterocycles. The first kappa shape index (κ1) is 33.3. The molecular formula is C34H44ClN9O2. The number of aryl methyl sites for hydroxylation is 1. The van der Waals surface area contributed by atoms with E-state index in [2.05, 4.69) is 58.1 Å². The van der Waals surface area contributed by atoms with Gasteiger partial charge in [0, 0.05) is 30.1 Å². The first-order valence-corrected chi connectivity index (χ1v) is 15.9. The van der Waals surface area contributed by atoms with E-state index in [1.54, 1.807) is 6.33 Å². The second-order valence-corrected chi connectivity index (χ2v) is 13.5. The van der Waals surface area contributed by atoms with E-state index in [1.807, 2.05) is 65.1 Å². The molecule has 2 fully saturated rings. The lowest BCUT2D eigenvalue weighted by Crippen LogP contribution is -2.45. The molecule has 1 unspecified atom stereocenters. The summed E-state index contributed by atoms with van der Waals surface area (Å²) in [6.45, 7) is 14.3. The molecule has 6 rings (SSSR count). The number of carbonyl (C=O) groups excluding carboxylic acids is 1. The molecule has 2 saturated heterocycles. The van der Waals surface area contributed by atoms with Crippen LogP contribution in [-0.4, -0.2) is 57.2 Å². The van der Waals surface area contributed by atoms with Crippen LogP contribution in [-0.2, 0) is 5.41 Å². The van der Waals surface area contributed by atoms with Crippen molar-refractivity contribution in [2.45, 2.75) is 71.8 Å². The molecule has 1 atom stereocenters. The van der Waals surface area contributed by atoms with Gasteiger partial charge in [0.1, 0.15) is 18.0 Å².